The Hall–Kier alpha value is -1.50. The van der Waals surface area contributed by atoms with Crippen molar-refractivity contribution in [1.29, 1.82) is 0 Å². The summed E-state index contributed by atoms with van der Waals surface area (Å²) in [4.78, 5) is 3.15. The fourth-order valence-electron chi connectivity index (χ4n) is 1.17. The van der Waals surface area contributed by atoms with Crippen molar-refractivity contribution in [2.75, 3.05) is 0 Å². The average molecular weight is 173 g/mol. The first-order valence-corrected chi connectivity index (χ1v) is 4.38. The van der Waals surface area contributed by atoms with Crippen LogP contribution in [0.25, 0.3) is 10.9 Å². The summed E-state index contributed by atoms with van der Waals surface area (Å²) in [6, 6.07) is 8.47. The number of aromatic nitrogens is 1. The van der Waals surface area contributed by atoms with Crippen molar-refractivity contribution in [1.82, 2.24) is 4.98 Å². The lowest BCUT2D eigenvalue weighted by Gasteiger charge is -1.90. The monoisotopic (exact) mass is 173 g/mol. The van der Waals surface area contributed by atoms with Gasteiger partial charge in [0.2, 0.25) is 0 Å². The summed E-state index contributed by atoms with van der Waals surface area (Å²) in [5.41, 5.74) is 2.53. The average Bonchev–Trinajstić information content (AvgIpc) is 2.52. The Morgan fingerprint density at radius 2 is 2.00 bits per heavy atom. The van der Waals surface area contributed by atoms with Crippen LogP contribution in [0.3, 0.4) is 0 Å². The molecule has 68 valence electrons. The number of nitrogens with one attached hydrogen (secondary N) is 1. The van der Waals surface area contributed by atoms with Gasteiger partial charge in [-0.1, -0.05) is 17.7 Å². The van der Waals surface area contributed by atoms with Crippen LogP contribution in [0.2, 0.25) is 0 Å². The highest BCUT2D eigenvalue weighted by molar-refractivity contribution is 5.79. The molecule has 0 bridgehead atoms. The van der Waals surface area contributed by atoms with E-state index in [0.29, 0.717) is 0 Å². The van der Waals surface area contributed by atoms with E-state index in [0.717, 1.165) is 0 Å². The van der Waals surface area contributed by atoms with Crippen molar-refractivity contribution in [3.63, 3.8) is 0 Å². The molecule has 0 saturated heterocycles. The number of aromatic amines is 1. The van der Waals surface area contributed by atoms with Gasteiger partial charge in [0.15, 0.2) is 0 Å². The molecule has 0 aliphatic heterocycles. The molecule has 0 aliphatic carbocycles. The Morgan fingerprint density at radius 1 is 1.31 bits per heavy atom. The first-order chi connectivity index (χ1) is 6.27. The van der Waals surface area contributed by atoms with Gasteiger partial charge in [-0.3, -0.25) is 0 Å². The second-order valence-corrected chi connectivity index (χ2v) is 2.98. The summed E-state index contributed by atoms with van der Waals surface area (Å²) < 4.78 is 0. The minimum Gasteiger partial charge on any atom is -0.361 e. The van der Waals surface area contributed by atoms with Crippen LogP contribution in [0.1, 0.15) is 12.5 Å². The molecule has 0 radical (unpaired) electrons. The fourth-order valence-corrected chi connectivity index (χ4v) is 1.17. The predicted molar refractivity (Wildman–Crippen MR) is 58.9 cm³/mol. The van der Waals surface area contributed by atoms with Gasteiger partial charge in [-0.2, -0.15) is 0 Å². The maximum absolute atomic E-state index is 3.36. The normalized spacial score (nSPS) is 9.08. The highest BCUT2D eigenvalue weighted by Crippen LogP contribution is 2.12. The molecule has 0 unspecified atom stereocenters. The van der Waals surface area contributed by atoms with Gasteiger partial charge in [-0.15, -0.1) is 6.58 Å². The van der Waals surface area contributed by atoms with Gasteiger partial charge in [0.1, 0.15) is 0 Å². The molecule has 0 atom stereocenters. The molecule has 2 rings (SSSR count). The number of hydrogen-bond donors (Lipinski definition) is 1. The number of hydrogen-bond acceptors (Lipinski definition) is 0. The summed E-state index contributed by atoms with van der Waals surface area (Å²) in [7, 11) is 0. The van der Waals surface area contributed by atoms with Crippen LogP contribution >= 0.6 is 0 Å². The minimum absolute atomic E-state index is 1.21. The molecule has 0 saturated carbocycles. The zero-order valence-electron chi connectivity index (χ0n) is 8.17. The molecule has 0 aliphatic rings. The highest BCUT2D eigenvalue weighted by atomic mass is 14.7. The number of aryl methyl sites for hydroxylation is 1. The number of H-pyrrole nitrogens is 1. The van der Waals surface area contributed by atoms with Crippen LogP contribution in [-0.2, 0) is 0 Å². The zero-order chi connectivity index (χ0) is 9.68. The van der Waals surface area contributed by atoms with Gasteiger partial charge >= 0.3 is 0 Å². The molecular formula is C12H15N. The third kappa shape index (κ3) is 2.48. The number of benzene rings is 1. The number of rotatable bonds is 0. The first kappa shape index (κ1) is 9.59. The van der Waals surface area contributed by atoms with E-state index >= 15 is 0 Å². The molecule has 1 aromatic heterocycles. The molecule has 0 fully saturated rings. The Kier molecular flexibility index (Phi) is 3.32. The quantitative estimate of drug-likeness (QED) is 0.585. The van der Waals surface area contributed by atoms with Crippen molar-refractivity contribution < 1.29 is 0 Å². The third-order valence-corrected chi connectivity index (χ3v) is 1.71. The number of fused-ring (bicyclic) bond motifs is 1. The topological polar surface area (TPSA) is 15.8 Å². The molecule has 13 heavy (non-hydrogen) atoms. The second kappa shape index (κ2) is 4.51. The molecule has 0 spiro atoms. The van der Waals surface area contributed by atoms with Crippen LogP contribution in [0, 0.1) is 6.92 Å². The van der Waals surface area contributed by atoms with Gasteiger partial charge in [0, 0.05) is 11.7 Å². The highest BCUT2D eigenvalue weighted by Gasteiger charge is 1.90. The van der Waals surface area contributed by atoms with Gasteiger partial charge < -0.3 is 4.98 Å². The molecular weight excluding hydrogens is 158 g/mol. The van der Waals surface area contributed by atoms with Gasteiger partial charge in [0.05, 0.1) is 0 Å². The smallest absolute Gasteiger partial charge is 0.0454 e. The van der Waals surface area contributed by atoms with Crippen LogP contribution in [0.4, 0.5) is 0 Å². The lowest BCUT2D eigenvalue weighted by atomic mass is 10.2. The maximum Gasteiger partial charge on any atom is 0.0454 e. The fraction of sp³-hybridized carbons (Fsp3) is 0.167. The second-order valence-electron chi connectivity index (χ2n) is 2.98. The zero-order valence-corrected chi connectivity index (χ0v) is 8.17. The molecule has 1 nitrogen and oxygen atoms in total. The van der Waals surface area contributed by atoms with Crippen molar-refractivity contribution in [3.05, 3.63) is 48.7 Å². The van der Waals surface area contributed by atoms with E-state index < -0.39 is 0 Å². The Balaban J connectivity index is 0.000000251. The molecule has 1 heterocycles. The first-order valence-electron chi connectivity index (χ1n) is 4.38. The molecule has 1 N–H and O–H groups in total. The van der Waals surface area contributed by atoms with E-state index in [1.807, 2.05) is 13.1 Å². The van der Waals surface area contributed by atoms with E-state index in [1.165, 1.54) is 16.5 Å². The van der Waals surface area contributed by atoms with Gasteiger partial charge in [-0.05, 0) is 37.4 Å². The Bertz CT molecular complexity index is 385. The Labute approximate surface area is 79.1 Å². The molecule has 2 aromatic rings. The summed E-state index contributed by atoms with van der Waals surface area (Å²) in [5.74, 6) is 0. The van der Waals surface area contributed by atoms with Crippen molar-refractivity contribution >= 4 is 10.9 Å². The van der Waals surface area contributed by atoms with E-state index in [-0.39, 0.29) is 0 Å². The van der Waals surface area contributed by atoms with Crippen LogP contribution in [0.5, 0.6) is 0 Å². The molecule has 1 aromatic carbocycles. The van der Waals surface area contributed by atoms with Gasteiger partial charge in [-0.25, -0.2) is 0 Å². The van der Waals surface area contributed by atoms with E-state index in [1.54, 1.807) is 6.08 Å². The van der Waals surface area contributed by atoms with E-state index in [9.17, 15) is 0 Å². The SMILES string of the molecule is C=CC.Cc1ccc2[nH]ccc2c1. The lowest BCUT2D eigenvalue weighted by Crippen LogP contribution is -1.69. The predicted octanol–water partition coefficient (Wildman–Crippen LogP) is 3.67. The Morgan fingerprint density at radius 3 is 2.69 bits per heavy atom. The summed E-state index contributed by atoms with van der Waals surface area (Å²) in [6.45, 7) is 7.35. The van der Waals surface area contributed by atoms with Crippen LogP contribution in [-0.4, -0.2) is 4.98 Å². The number of allylic oxidation sites excluding steroid dienone is 1. The summed E-state index contributed by atoms with van der Waals surface area (Å²) in [6.07, 6.45) is 3.71. The minimum atomic E-state index is 1.21. The van der Waals surface area contributed by atoms with Gasteiger partial charge in [0.25, 0.3) is 0 Å². The largest absolute Gasteiger partial charge is 0.361 e. The maximum atomic E-state index is 3.36. The summed E-state index contributed by atoms with van der Waals surface area (Å²) in [5, 5.41) is 1.29. The van der Waals surface area contributed by atoms with Crippen molar-refractivity contribution in [2.24, 2.45) is 0 Å². The van der Waals surface area contributed by atoms with E-state index in [4.69, 9.17) is 0 Å². The standard InChI is InChI=1S/C9H9N.C3H6/c1-7-2-3-9-8(6-7)4-5-10-9;1-3-2/h2-6,10H,1H3;3H,1H2,2H3. The van der Waals surface area contributed by atoms with Crippen molar-refractivity contribution in [2.45, 2.75) is 13.8 Å². The third-order valence-electron chi connectivity index (χ3n) is 1.71. The molecule has 0 amide bonds. The van der Waals surface area contributed by atoms with Crippen molar-refractivity contribution in [3.8, 4) is 0 Å². The molecule has 1 heteroatoms. The van der Waals surface area contributed by atoms with Crippen LogP contribution < -0.4 is 0 Å². The summed E-state index contributed by atoms with van der Waals surface area (Å²) >= 11 is 0. The van der Waals surface area contributed by atoms with Crippen LogP contribution in [0.15, 0.2) is 43.1 Å². The van der Waals surface area contributed by atoms with E-state index in [2.05, 4.69) is 42.8 Å². The lowest BCUT2D eigenvalue weighted by molar-refractivity contribution is 1.46.